The van der Waals surface area contributed by atoms with Crippen molar-refractivity contribution in [2.75, 3.05) is 7.11 Å². The van der Waals surface area contributed by atoms with Crippen molar-refractivity contribution >= 4 is 27.3 Å². The lowest BCUT2D eigenvalue weighted by molar-refractivity contribution is 0.416. The summed E-state index contributed by atoms with van der Waals surface area (Å²) >= 11 is 5.02. The van der Waals surface area contributed by atoms with Crippen LogP contribution >= 0.6 is 27.3 Å². The summed E-state index contributed by atoms with van der Waals surface area (Å²) in [4.78, 5) is 4.52. The molecule has 0 spiro atoms. The monoisotopic (exact) mass is 312 g/mol. The number of methoxy groups -OCH3 is 1. The molecular formula is C12H13BrN2OS. The van der Waals surface area contributed by atoms with Gasteiger partial charge in [0.25, 0.3) is 0 Å². The van der Waals surface area contributed by atoms with E-state index in [1.54, 1.807) is 18.4 Å². The Labute approximate surface area is 113 Å². The standard InChI is InChI=1S/C12H13BrN2OS/c1-7(14)12-15-10(6-17-12)9-5-8(13)3-4-11(9)16-2/h3-7H,14H2,1-2H3. The number of ether oxygens (including phenoxy) is 1. The van der Waals surface area contributed by atoms with Crippen molar-refractivity contribution in [3.8, 4) is 17.0 Å². The van der Waals surface area contributed by atoms with Crippen molar-refractivity contribution in [1.82, 2.24) is 4.98 Å². The number of nitrogens with zero attached hydrogens (tertiary/aromatic N) is 1. The van der Waals surface area contributed by atoms with Crippen molar-refractivity contribution in [2.45, 2.75) is 13.0 Å². The third kappa shape index (κ3) is 2.68. The molecule has 2 rings (SSSR count). The highest BCUT2D eigenvalue weighted by molar-refractivity contribution is 9.10. The fraction of sp³-hybridized carbons (Fsp3) is 0.250. The number of rotatable bonds is 3. The van der Waals surface area contributed by atoms with Gasteiger partial charge < -0.3 is 10.5 Å². The van der Waals surface area contributed by atoms with Crippen LogP contribution in [-0.2, 0) is 0 Å². The van der Waals surface area contributed by atoms with Gasteiger partial charge in [-0.3, -0.25) is 0 Å². The van der Waals surface area contributed by atoms with Crippen LogP contribution in [0.5, 0.6) is 5.75 Å². The summed E-state index contributed by atoms with van der Waals surface area (Å²) in [5, 5.41) is 2.94. The van der Waals surface area contributed by atoms with Gasteiger partial charge in [0.05, 0.1) is 18.8 Å². The molecule has 0 amide bonds. The van der Waals surface area contributed by atoms with Gasteiger partial charge in [0.15, 0.2) is 0 Å². The topological polar surface area (TPSA) is 48.1 Å². The Morgan fingerprint density at radius 1 is 1.47 bits per heavy atom. The third-order valence-corrected chi connectivity index (χ3v) is 3.89. The molecule has 1 atom stereocenters. The molecule has 0 aliphatic carbocycles. The first-order chi connectivity index (χ1) is 8.11. The lowest BCUT2D eigenvalue weighted by Crippen LogP contribution is -2.03. The van der Waals surface area contributed by atoms with Gasteiger partial charge in [0, 0.05) is 15.4 Å². The number of hydrogen-bond donors (Lipinski definition) is 1. The zero-order valence-corrected chi connectivity index (χ0v) is 12.0. The minimum Gasteiger partial charge on any atom is -0.496 e. The highest BCUT2D eigenvalue weighted by Crippen LogP contribution is 2.33. The van der Waals surface area contributed by atoms with Crippen LogP contribution in [-0.4, -0.2) is 12.1 Å². The molecule has 3 nitrogen and oxygen atoms in total. The highest BCUT2D eigenvalue weighted by Gasteiger charge is 2.12. The molecule has 0 aliphatic heterocycles. The summed E-state index contributed by atoms with van der Waals surface area (Å²) in [6.45, 7) is 1.93. The Balaban J connectivity index is 2.47. The number of thiazole rings is 1. The van der Waals surface area contributed by atoms with Crippen LogP contribution in [0.4, 0.5) is 0 Å². The third-order valence-electron chi connectivity index (χ3n) is 2.35. The normalized spacial score (nSPS) is 12.5. The molecule has 90 valence electrons. The van der Waals surface area contributed by atoms with Gasteiger partial charge in [-0.25, -0.2) is 4.98 Å². The van der Waals surface area contributed by atoms with Gasteiger partial charge >= 0.3 is 0 Å². The van der Waals surface area contributed by atoms with Gasteiger partial charge in [-0.15, -0.1) is 11.3 Å². The Hall–Kier alpha value is -0.910. The van der Waals surface area contributed by atoms with Crippen LogP contribution < -0.4 is 10.5 Å². The molecule has 2 aromatic rings. The van der Waals surface area contributed by atoms with Crippen LogP contribution in [0.3, 0.4) is 0 Å². The fourth-order valence-corrected chi connectivity index (χ4v) is 2.64. The Morgan fingerprint density at radius 3 is 2.82 bits per heavy atom. The molecule has 0 radical (unpaired) electrons. The van der Waals surface area contributed by atoms with Crippen LogP contribution in [0, 0.1) is 0 Å². The summed E-state index contributed by atoms with van der Waals surface area (Å²) in [6.07, 6.45) is 0. The van der Waals surface area contributed by atoms with Crippen molar-refractivity contribution < 1.29 is 4.74 Å². The molecule has 0 bridgehead atoms. The van der Waals surface area contributed by atoms with Crippen LogP contribution in [0.15, 0.2) is 28.1 Å². The number of halogens is 1. The van der Waals surface area contributed by atoms with Crippen molar-refractivity contribution in [3.63, 3.8) is 0 Å². The van der Waals surface area contributed by atoms with Gasteiger partial charge in [0.2, 0.25) is 0 Å². The van der Waals surface area contributed by atoms with Gasteiger partial charge in [-0.1, -0.05) is 15.9 Å². The van der Waals surface area contributed by atoms with Gasteiger partial charge in [-0.05, 0) is 25.1 Å². The first-order valence-electron chi connectivity index (χ1n) is 5.16. The summed E-state index contributed by atoms with van der Waals surface area (Å²) in [5.74, 6) is 0.815. The van der Waals surface area contributed by atoms with E-state index in [1.807, 2.05) is 30.5 Å². The van der Waals surface area contributed by atoms with E-state index in [2.05, 4.69) is 20.9 Å². The maximum Gasteiger partial charge on any atom is 0.128 e. The molecule has 5 heteroatoms. The highest BCUT2D eigenvalue weighted by atomic mass is 79.9. The van der Waals surface area contributed by atoms with E-state index in [0.29, 0.717) is 0 Å². The maximum atomic E-state index is 5.81. The van der Waals surface area contributed by atoms with Crippen LogP contribution in [0.2, 0.25) is 0 Å². The Bertz CT molecular complexity index is 525. The lowest BCUT2D eigenvalue weighted by atomic mass is 10.1. The van der Waals surface area contributed by atoms with Gasteiger partial charge in [-0.2, -0.15) is 0 Å². The van der Waals surface area contributed by atoms with E-state index in [-0.39, 0.29) is 6.04 Å². The van der Waals surface area contributed by atoms with E-state index in [0.717, 1.165) is 26.5 Å². The SMILES string of the molecule is COc1ccc(Br)cc1-c1csc(C(C)N)n1. The van der Waals surface area contributed by atoms with E-state index < -0.39 is 0 Å². The van der Waals surface area contributed by atoms with E-state index in [1.165, 1.54) is 0 Å². The number of hydrogen-bond acceptors (Lipinski definition) is 4. The van der Waals surface area contributed by atoms with Crippen molar-refractivity contribution in [3.05, 3.63) is 33.1 Å². The first kappa shape index (κ1) is 12.5. The molecule has 0 fully saturated rings. The van der Waals surface area contributed by atoms with E-state index in [9.17, 15) is 0 Å². The number of aromatic nitrogens is 1. The number of nitrogens with two attached hydrogens (primary N) is 1. The summed E-state index contributed by atoms with van der Waals surface area (Å²) in [6, 6.07) is 5.83. The Morgan fingerprint density at radius 2 is 2.24 bits per heavy atom. The van der Waals surface area contributed by atoms with Crippen molar-refractivity contribution in [1.29, 1.82) is 0 Å². The average molecular weight is 313 g/mol. The second kappa shape index (κ2) is 5.16. The average Bonchev–Trinajstić information content (AvgIpc) is 2.78. The predicted molar refractivity (Wildman–Crippen MR) is 74.4 cm³/mol. The van der Waals surface area contributed by atoms with E-state index >= 15 is 0 Å². The van der Waals surface area contributed by atoms with E-state index in [4.69, 9.17) is 10.5 Å². The molecular weight excluding hydrogens is 300 g/mol. The fourth-order valence-electron chi connectivity index (χ4n) is 1.50. The maximum absolute atomic E-state index is 5.81. The molecule has 1 aromatic heterocycles. The molecule has 17 heavy (non-hydrogen) atoms. The molecule has 0 aliphatic rings. The Kier molecular flexibility index (Phi) is 3.81. The molecule has 1 heterocycles. The molecule has 1 unspecified atom stereocenters. The first-order valence-corrected chi connectivity index (χ1v) is 6.84. The zero-order valence-electron chi connectivity index (χ0n) is 9.61. The lowest BCUT2D eigenvalue weighted by Gasteiger charge is -2.06. The predicted octanol–water partition coefficient (Wildman–Crippen LogP) is 3.60. The zero-order chi connectivity index (χ0) is 12.4. The minimum atomic E-state index is -0.0353. The van der Waals surface area contributed by atoms with Crippen LogP contribution in [0.25, 0.3) is 11.3 Å². The molecule has 1 aromatic carbocycles. The molecule has 0 saturated heterocycles. The minimum absolute atomic E-state index is 0.0353. The summed E-state index contributed by atoms with van der Waals surface area (Å²) < 4.78 is 6.34. The molecule has 0 saturated carbocycles. The largest absolute Gasteiger partial charge is 0.496 e. The summed E-state index contributed by atoms with van der Waals surface area (Å²) in [5.41, 5.74) is 7.69. The molecule has 2 N–H and O–H groups in total. The second-order valence-corrected chi connectivity index (χ2v) is 5.51. The van der Waals surface area contributed by atoms with Crippen LogP contribution in [0.1, 0.15) is 18.0 Å². The quantitative estimate of drug-likeness (QED) is 0.942. The second-order valence-electron chi connectivity index (χ2n) is 3.70. The summed E-state index contributed by atoms with van der Waals surface area (Å²) in [7, 11) is 1.66. The van der Waals surface area contributed by atoms with Crippen molar-refractivity contribution in [2.24, 2.45) is 5.73 Å². The van der Waals surface area contributed by atoms with Gasteiger partial charge in [0.1, 0.15) is 10.8 Å². The number of benzene rings is 1. The smallest absolute Gasteiger partial charge is 0.128 e.